The first-order valence-corrected chi connectivity index (χ1v) is 21.2. The summed E-state index contributed by atoms with van der Waals surface area (Å²) in [6, 6.07) is 78.6. The van der Waals surface area contributed by atoms with Crippen LogP contribution in [-0.2, 0) is 5.41 Å². The Morgan fingerprint density at radius 1 is 0.323 bits per heavy atom. The molecule has 9 aromatic carbocycles. The van der Waals surface area contributed by atoms with Crippen molar-refractivity contribution in [2.24, 2.45) is 0 Å². The van der Waals surface area contributed by atoms with Gasteiger partial charge in [0.2, 0.25) is 0 Å². The fourth-order valence-electron chi connectivity index (χ4n) is 10.6. The van der Waals surface area contributed by atoms with Crippen LogP contribution in [0.1, 0.15) is 22.3 Å². The Morgan fingerprint density at radius 3 is 1.42 bits per heavy atom. The molecule has 0 saturated heterocycles. The summed E-state index contributed by atoms with van der Waals surface area (Å²) in [7, 11) is 0. The molecule has 4 nitrogen and oxygen atoms in total. The summed E-state index contributed by atoms with van der Waals surface area (Å²) < 4.78 is 2.49. The molecule has 0 amide bonds. The molecule has 0 N–H and O–H groups in total. The molecule has 0 saturated carbocycles. The second-order valence-electron chi connectivity index (χ2n) is 16.3. The highest BCUT2D eigenvalue weighted by Crippen LogP contribution is 2.64. The first-order chi connectivity index (χ1) is 30.8. The van der Waals surface area contributed by atoms with Crippen molar-refractivity contribution in [2.45, 2.75) is 5.41 Å². The molecule has 62 heavy (non-hydrogen) atoms. The van der Waals surface area contributed by atoms with Crippen molar-refractivity contribution in [3.05, 3.63) is 241 Å². The van der Waals surface area contributed by atoms with Crippen molar-refractivity contribution < 1.29 is 0 Å². The maximum Gasteiger partial charge on any atom is 0.164 e. The van der Waals surface area contributed by atoms with Gasteiger partial charge < -0.3 is 4.57 Å². The van der Waals surface area contributed by atoms with Crippen LogP contribution < -0.4 is 0 Å². The second kappa shape index (κ2) is 13.4. The predicted octanol–water partition coefficient (Wildman–Crippen LogP) is 14.0. The molecule has 11 aromatic rings. The summed E-state index contributed by atoms with van der Waals surface area (Å²) in [6.07, 6.45) is 0. The van der Waals surface area contributed by atoms with Gasteiger partial charge in [0.1, 0.15) is 0 Å². The summed E-state index contributed by atoms with van der Waals surface area (Å²) in [5, 5.41) is 2.40. The largest absolute Gasteiger partial charge is 0.309 e. The normalized spacial score (nSPS) is 13.0. The van der Waals surface area contributed by atoms with E-state index in [1.54, 1.807) is 0 Å². The number of benzene rings is 9. The summed E-state index contributed by atoms with van der Waals surface area (Å²) in [5.74, 6) is 1.92. The summed E-state index contributed by atoms with van der Waals surface area (Å²) in [6.45, 7) is 0. The van der Waals surface area contributed by atoms with E-state index in [-0.39, 0.29) is 0 Å². The number of rotatable bonds is 5. The third-order valence-electron chi connectivity index (χ3n) is 13.1. The van der Waals surface area contributed by atoms with Crippen LogP contribution in [0.25, 0.3) is 95.0 Å². The minimum absolute atomic E-state index is 0.433. The van der Waals surface area contributed by atoms with Crippen molar-refractivity contribution >= 4 is 21.8 Å². The zero-order chi connectivity index (χ0) is 40.8. The van der Waals surface area contributed by atoms with Gasteiger partial charge in [0.15, 0.2) is 17.5 Å². The lowest BCUT2D eigenvalue weighted by Gasteiger charge is -2.30. The highest BCUT2D eigenvalue weighted by Gasteiger charge is 2.52. The molecule has 1 spiro atoms. The maximum atomic E-state index is 5.14. The van der Waals surface area contributed by atoms with Gasteiger partial charge >= 0.3 is 0 Å². The number of para-hydroxylation sites is 1. The van der Waals surface area contributed by atoms with E-state index >= 15 is 0 Å². The average molecular weight is 789 g/mol. The third kappa shape index (κ3) is 4.86. The SMILES string of the molecule is c1ccc(-c2nc(-c3ccccc3)nc(-c3ccccc3-c3ccc4c(c3)c3ccc5c(c3n4-c3ccccc3)-c3ccccc3C53c4ccccc4-c4ccccc43)n2)cc1. The van der Waals surface area contributed by atoms with Crippen molar-refractivity contribution in [1.82, 2.24) is 19.5 Å². The zero-order valence-corrected chi connectivity index (χ0v) is 33.6. The minimum atomic E-state index is -0.433. The van der Waals surface area contributed by atoms with Crippen LogP contribution in [0, 0.1) is 0 Å². The zero-order valence-electron chi connectivity index (χ0n) is 33.6. The van der Waals surface area contributed by atoms with Crippen LogP contribution in [0.15, 0.2) is 218 Å². The van der Waals surface area contributed by atoms with Crippen LogP contribution >= 0.6 is 0 Å². The van der Waals surface area contributed by atoms with E-state index in [0.717, 1.165) is 39.0 Å². The first-order valence-electron chi connectivity index (χ1n) is 21.2. The van der Waals surface area contributed by atoms with Gasteiger partial charge in [0, 0.05) is 38.7 Å². The van der Waals surface area contributed by atoms with Gasteiger partial charge in [-0.05, 0) is 74.3 Å². The van der Waals surface area contributed by atoms with E-state index in [9.17, 15) is 0 Å². The Morgan fingerprint density at radius 2 is 0.806 bits per heavy atom. The van der Waals surface area contributed by atoms with Gasteiger partial charge in [-0.3, -0.25) is 0 Å². The van der Waals surface area contributed by atoms with Gasteiger partial charge in [-0.2, -0.15) is 0 Å². The Kier molecular flexibility index (Phi) is 7.49. The average Bonchev–Trinajstić information content (AvgIpc) is 3.96. The molecule has 2 aromatic heterocycles. The molecule has 0 radical (unpaired) electrons. The predicted molar refractivity (Wildman–Crippen MR) is 252 cm³/mol. The lowest BCUT2D eigenvalue weighted by molar-refractivity contribution is 0.794. The van der Waals surface area contributed by atoms with Gasteiger partial charge in [0.05, 0.1) is 16.4 Å². The lowest BCUT2D eigenvalue weighted by atomic mass is 9.70. The number of aromatic nitrogens is 4. The van der Waals surface area contributed by atoms with E-state index in [1.807, 2.05) is 36.4 Å². The molecule has 0 unspecified atom stereocenters. The number of hydrogen-bond donors (Lipinski definition) is 0. The van der Waals surface area contributed by atoms with Crippen LogP contribution in [0.4, 0.5) is 0 Å². The van der Waals surface area contributed by atoms with E-state index in [1.165, 1.54) is 60.8 Å². The molecule has 2 aliphatic carbocycles. The van der Waals surface area contributed by atoms with Crippen LogP contribution in [0.2, 0.25) is 0 Å². The molecule has 4 heteroatoms. The summed E-state index contributed by atoms with van der Waals surface area (Å²) >= 11 is 0. The van der Waals surface area contributed by atoms with Crippen LogP contribution in [-0.4, -0.2) is 19.5 Å². The van der Waals surface area contributed by atoms with Gasteiger partial charge in [0.25, 0.3) is 0 Å². The molecule has 0 fully saturated rings. The summed E-state index contributed by atoms with van der Waals surface area (Å²) in [5.41, 5.74) is 18.6. The first kappa shape index (κ1) is 34.6. The van der Waals surface area contributed by atoms with E-state index < -0.39 is 5.41 Å². The number of nitrogens with zero attached hydrogens (tertiary/aromatic N) is 4. The van der Waals surface area contributed by atoms with Crippen molar-refractivity contribution in [3.63, 3.8) is 0 Å². The molecule has 2 heterocycles. The molecular formula is C58H36N4. The van der Waals surface area contributed by atoms with Gasteiger partial charge in [-0.25, -0.2) is 15.0 Å². The lowest BCUT2D eigenvalue weighted by Crippen LogP contribution is -2.25. The standard InChI is InChI=1S/C58H36N4/c1-4-18-37(19-5-1)55-59-56(38-20-6-2-7-21-38)61-57(60-55)45-27-11-10-24-41(45)39-32-35-52-47(36-39)44-33-34-51-53(54(44)62(52)40-22-8-3-9-23-40)46-28-14-17-31-50(46)58(51)48-29-15-12-25-42(48)43-26-13-16-30-49(43)58/h1-36H. The molecular weight excluding hydrogens is 753 g/mol. The Bertz CT molecular complexity index is 3470. The van der Waals surface area contributed by atoms with Crippen molar-refractivity contribution in [3.8, 4) is 73.2 Å². The highest BCUT2D eigenvalue weighted by atomic mass is 15.0. The monoisotopic (exact) mass is 788 g/mol. The van der Waals surface area contributed by atoms with E-state index in [0.29, 0.717) is 17.5 Å². The summed E-state index contributed by atoms with van der Waals surface area (Å²) in [4.78, 5) is 15.3. The van der Waals surface area contributed by atoms with Crippen LogP contribution in [0.3, 0.4) is 0 Å². The molecule has 2 aliphatic rings. The quantitative estimate of drug-likeness (QED) is 0.174. The number of fused-ring (bicyclic) bond motifs is 14. The second-order valence-corrected chi connectivity index (χ2v) is 16.3. The fraction of sp³-hybridized carbons (Fsp3) is 0.0172. The fourth-order valence-corrected chi connectivity index (χ4v) is 10.6. The Hall–Kier alpha value is -8.21. The smallest absolute Gasteiger partial charge is 0.164 e. The Balaban J connectivity index is 1.07. The van der Waals surface area contributed by atoms with Crippen molar-refractivity contribution in [1.29, 1.82) is 0 Å². The molecule has 0 aliphatic heterocycles. The van der Waals surface area contributed by atoms with Crippen LogP contribution in [0.5, 0.6) is 0 Å². The van der Waals surface area contributed by atoms with E-state index in [2.05, 4.69) is 187 Å². The maximum absolute atomic E-state index is 5.14. The highest BCUT2D eigenvalue weighted by molar-refractivity contribution is 6.17. The minimum Gasteiger partial charge on any atom is -0.309 e. The van der Waals surface area contributed by atoms with E-state index in [4.69, 9.17) is 15.0 Å². The van der Waals surface area contributed by atoms with Gasteiger partial charge in [-0.15, -0.1) is 0 Å². The Labute approximate surface area is 359 Å². The number of hydrogen-bond acceptors (Lipinski definition) is 3. The molecule has 288 valence electrons. The topological polar surface area (TPSA) is 43.6 Å². The molecule has 0 atom stereocenters. The van der Waals surface area contributed by atoms with Crippen molar-refractivity contribution in [2.75, 3.05) is 0 Å². The van der Waals surface area contributed by atoms with Gasteiger partial charge in [-0.1, -0.05) is 194 Å². The molecule has 13 rings (SSSR count). The molecule has 0 bridgehead atoms. The third-order valence-corrected chi connectivity index (χ3v) is 13.1.